The van der Waals surface area contributed by atoms with Crippen LogP contribution in [0.5, 0.6) is 0 Å². The molecule has 1 aromatic rings. The summed E-state index contributed by atoms with van der Waals surface area (Å²) in [5.41, 5.74) is 0.665. The predicted molar refractivity (Wildman–Crippen MR) is 79.1 cm³/mol. The van der Waals surface area contributed by atoms with E-state index in [0.717, 1.165) is 11.3 Å². The molecule has 20 heavy (non-hydrogen) atoms. The lowest BCUT2D eigenvalue weighted by Crippen LogP contribution is -2.49. The van der Waals surface area contributed by atoms with Gasteiger partial charge in [0.15, 0.2) is 0 Å². The van der Waals surface area contributed by atoms with Crippen molar-refractivity contribution in [2.24, 2.45) is 5.92 Å². The van der Waals surface area contributed by atoms with Gasteiger partial charge in [-0.3, -0.25) is 9.59 Å². The molecule has 4 nitrogen and oxygen atoms in total. The normalized spacial score (nSPS) is 22.6. The van der Waals surface area contributed by atoms with Gasteiger partial charge < -0.3 is 10.0 Å². The van der Waals surface area contributed by atoms with Gasteiger partial charge in [-0.05, 0) is 38.2 Å². The number of benzene rings is 1. The van der Waals surface area contributed by atoms with Crippen molar-refractivity contribution in [3.63, 3.8) is 0 Å². The summed E-state index contributed by atoms with van der Waals surface area (Å²) in [4.78, 5) is 26.6. The minimum Gasteiger partial charge on any atom is -0.481 e. The Morgan fingerprint density at radius 3 is 2.70 bits per heavy atom. The third-order valence-electron chi connectivity index (χ3n) is 3.90. The first kappa shape index (κ1) is 14.9. The summed E-state index contributed by atoms with van der Waals surface area (Å²) in [6, 6.07) is 7.22. The molecule has 1 aliphatic heterocycles. The first-order valence-corrected chi connectivity index (χ1v) is 7.95. The monoisotopic (exact) mass is 293 g/mol. The number of likely N-dealkylation sites (tertiary alicyclic amines) is 1. The predicted octanol–water partition coefficient (Wildman–Crippen LogP) is 2.73. The molecule has 1 aliphatic rings. The third kappa shape index (κ3) is 2.82. The Bertz CT molecular complexity index is 518. The lowest BCUT2D eigenvalue weighted by atomic mass is 9.90. The van der Waals surface area contributed by atoms with E-state index in [9.17, 15) is 14.7 Å². The van der Waals surface area contributed by atoms with Gasteiger partial charge in [-0.15, -0.1) is 11.8 Å². The number of carboxylic acid groups (broad SMARTS) is 1. The average Bonchev–Trinajstić information content (AvgIpc) is 2.46. The van der Waals surface area contributed by atoms with E-state index in [-0.39, 0.29) is 11.9 Å². The molecule has 1 amide bonds. The van der Waals surface area contributed by atoms with E-state index in [0.29, 0.717) is 18.5 Å². The van der Waals surface area contributed by atoms with Gasteiger partial charge in [-0.2, -0.15) is 0 Å². The number of piperidine rings is 1. The largest absolute Gasteiger partial charge is 0.481 e. The van der Waals surface area contributed by atoms with Gasteiger partial charge in [-0.25, -0.2) is 0 Å². The van der Waals surface area contributed by atoms with Gasteiger partial charge >= 0.3 is 5.97 Å². The highest BCUT2D eigenvalue weighted by atomic mass is 32.2. The van der Waals surface area contributed by atoms with Crippen LogP contribution in [0, 0.1) is 5.92 Å². The van der Waals surface area contributed by atoms with Crippen LogP contribution in [0.25, 0.3) is 0 Å². The van der Waals surface area contributed by atoms with E-state index < -0.39 is 11.9 Å². The number of carboxylic acids is 1. The first-order valence-electron chi connectivity index (χ1n) is 6.73. The van der Waals surface area contributed by atoms with Crippen LogP contribution in [0.3, 0.4) is 0 Å². The Morgan fingerprint density at radius 1 is 1.35 bits per heavy atom. The quantitative estimate of drug-likeness (QED) is 0.871. The lowest BCUT2D eigenvalue weighted by molar-refractivity contribution is -0.144. The minimum absolute atomic E-state index is 0.0617. The third-order valence-corrected chi connectivity index (χ3v) is 4.70. The van der Waals surface area contributed by atoms with Crippen molar-refractivity contribution in [2.75, 3.05) is 12.8 Å². The molecule has 1 fully saturated rings. The SMILES string of the molecule is CSc1ccccc1C(=O)N1CCC[C@H](C(=O)O)[C@@H]1C. The minimum atomic E-state index is -0.812. The number of amides is 1. The molecule has 0 spiro atoms. The van der Waals surface area contributed by atoms with Crippen molar-refractivity contribution in [2.45, 2.75) is 30.7 Å². The molecule has 108 valence electrons. The zero-order valence-electron chi connectivity index (χ0n) is 11.7. The Labute approximate surface area is 123 Å². The van der Waals surface area contributed by atoms with Crippen LogP contribution in [0.15, 0.2) is 29.2 Å². The standard InChI is InChI=1S/C15H19NO3S/c1-10-11(15(18)19)7-5-9-16(10)14(17)12-6-3-4-8-13(12)20-2/h3-4,6,8,10-11H,5,7,9H2,1-2H3,(H,18,19)/t10-,11-/m0/s1. The van der Waals surface area contributed by atoms with Crippen LogP contribution in [0.2, 0.25) is 0 Å². The molecule has 5 heteroatoms. The maximum absolute atomic E-state index is 12.7. The summed E-state index contributed by atoms with van der Waals surface area (Å²) in [7, 11) is 0. The summed E-state index contributed by atoms with van der Waals surface area (Å²) in [5, 5.41) is 9.24. The van der Waals surface area contributed by atoms with E-state index in [2.05, 4.69) is 0 Å². The van der Waals surface area contributed by atoms with Gasteiger partial charge in [0.2, 0.25) is 0 Å². The Hall–Kier alpha value is -1.49. The van der Waals surface area contributed by atoms with E-state index in [4.69, 9.17) is 0 Å². The van der Waals surface area contributed by atoms with E-state index in [1.165, 1.54) is 11.8 Å². The van der Waals surface area contributed by atoms with Crippen molar-refractivity contribution >= 4 is 23.6 Å². The number of rotatable bonds is 3. The van der Waals surface area contributed by atoms with Crippen molar-refractivity contribution < 1.29 is 14.7 Å². The summed E-state index contributed by atoms with van der Waals surface area (Å²) < 4.78 is 0. The molecular formula is C15H19NO3S. The molecule has 0 unspecified atom stereocenters. The van der Waals surface area contributed by atoms with Crippen LogP contribution in [0.4, 0.5) is 0 Å². The number of thioether (sulfide) groups is 1. The average molecular weight is 293 g/mol. The Kier molecular flexibility index (Phi) is 4.70. The summed E-state index contributed by atoms with van der Waals surface area (Å²) in [6.45, 7) is 2.46. The van der Waals surface area contributed by atoms with Crippen molar-refractivity contribution in [3.05, 3.63) is 29.8 Å². The molecule has 1 aromatic carbocycles. The van der Waals surface area contributed by atoms with Crippen LogP contribution >= 0.6 is 11.8 Å². The number of hydrogen-bond acceptors (Lipinski definition) is 3. The van der Waals surface area contributed by atoms with E-state index in [1.807, 2.05) is 37.4 Å². The molecule has 0 radical (unpaired) electrons. The second-order valence-electron chi connectivity index (χ2n) is 5.03. The first-order chi connectivity index (χ1) is 9.56. The summed E-state index contributed by atoms with van der Waals surface area (Å²) >= 11 is 1.53. The maximum atomic E-state index is 12.7. The molecule has 0 saturated carbocycles. The Balaban J connectivity index is 2.26. The zero-order chi connectivity index (χ0) is 14.7. The van der Waals surface area contributed by atoms with Crippen LogP contribution < -0.4 is 0 Å². The van der Waals surface area contributed by atoms with Crippen LogP contribution in [-0.4, -0.2) is 40.7 Å². The highest BCUT2D eigenvalue weighted by Crippen LogP contribution is 2.28. The molecular weight excluding hydrogens is 274 g/mol. The molecule has 2 rings (SSSR count). The van der Waals surface area contributed by atoms with E-state index in [1.54, 1.807) is 4.90 Å². The fourth-order valence-electron chi connectivity index (χ4n) is 2.74. The lowest BCUT2D eigenvalue weighted by Gasteiger charge is -2.37. The van der Waals surface area contributed by atoms with Gasteiger partial charge in [0, 0.05) is 17.5 Å². The van der Waals surface area contributed by atoms with Crippen LogP contribution in [-0.2, 0) is 4.79 Å². The van der Waals surface area contributed by atoms with Crippen molar-refractivity contribution in [1.29, 1.82) is 0 Å². The zero-order valence-corrected chi connectivity index (χ0v) is 12.5. The molecule has 2 atom stereocenters. The van der Waals surface area contributed by atoms with Gasteiger partial charge in [0.25, 0.3) is 5.91 Å². The van der Waals surface area contributed by atoms with Gasteiger partial charge in [-0.1, -0.05) is 12.1 Å². The van der Waals surface area contributed by atoms with Crippen LogP contribution in [0.1, 0.15) is 30.1 Å². The molecule has 0 bridgehead atoms. The highest BCUT2D eigenvalue weighted by Gasteiger charge is 2.36. The van der Waals surface area contributed by atoms with Gasteiger partial charge in [0.1, 0.15) is 0 Å². The molecule has 0 aromatic heterocycles. The number of nitrogens with zero attached hydrogens (tertiary/aromatic N) is 1. The highest BCUT2D eigenvalue weighted by molar-refractivity contribution is 7.98. The second kappa shape index (κ2) is 6.31. The molecule has 1 saturated heterocycles. The topological polar surface area (TPSA) is 57.6 Å². The Morgan fingerprint density at radius 2 is 2.05 bits per heavy atom. The summed E-state index contributed by atoms with van der Waals surface area (Å²) in [6.07, 6.45) is 3.32. The second-order valence-corrected chi connectivity index (χ2v) is 5.87. The van der Waals surface area contributed by atoms with E-state index >= 15 is 0 Å². The fraction of sp³-hybridized carbons (Fsp3) is 0.467. The number of carbonyl (C=O) groups excluding carboxylic acids is 1. The fourth-order valence-corrected chi connectivity index (χ4v) is 3.33. The smallest absolute Gasteiger partial charge is 0.308 e. The molecule has 1 N–H and O–H groups in total. The van der Waals surface area contributed by atoms with Gasteiger partial charge in [0.05, 0.1) is 11.5 Å². The maximum Gasteiger partial charge on any atom is 0.308 e. The molecule has 1 heterocycles. The number of carbonyl (C=O) groups is 2. The number of hydrogen-bond donors (Lipinski definition) is 1. The van der Waals surface area contributed by atoms with Crippen molar-refractivity contribution in [3.8, 4) is 0 Å². The summed E-state index contributed by atoms with van der Waals surface area (Å²) in [5.74, 6) is -1.34. The number of aliphatic carboxylic acids is 1. The molecule has 0 aliphatic carbocycles. The van der Waals surface area contributed by atoms with Crippen molar-refractivity contribution in [1.82, 2.24) is 4.90 Å².